The molecule has 9 nitrogen and oxygen atoms in total. The van der Waals surface area contributed by atoms with Crippen LogP contribution < -0.4 is 15.4 Å². The molecular formula is C19H20F3N5O4S. The molecule has 4 rings (SSSR count). The minimum Gasteiger partial charge on any atom is -0.495 e. The first-order valence-electron chi connectivity index (χ1n) is 9.52. The van der Waals surface area contributed by atoms with Gasteiger partial charge in [-0.05, 0) is 18.6 Å². The van der Waals surface area contributed by atoms with Crippen LogP contribution in [0, 0.1) is 0 Å². The third-order valence-corrected chi connectivity index (χ3v) is 6.07. The van der Waals surface area contributed by atoms with Crippen molar-refractivity contribution in [3.63, 3.8) is 0 Å². The second-order valence-corrected chi connectivity index (χ2v) is 9.30. The number of rotatable bonds is 6. The lowest BCUT2D eigenvalue weighted by Gasteiger charge is -2.16. The van der Waals surface area contributed by atoms with Crippen molar-refractivity contribution in [3.8, 4) is 5.75 Å². The Morgan fingerprint density at radius 3 is 2.69 bits per heavy atom. The van der Waals surface area contributed by atoms with Crippen LogP contribution in [0.3, 0.4) is 0 Å². The normalized spacial score (nSPS) is 17.0. The fraction of sp³-hybridized carbons (Fsp3) is 0.368. The molecule has 2 aromatic heterocycles. The number of fused-ring (bicyclic) bond motifs is 1. The van der Waals surface area contributed by atoms with Gasteiger partial charge in [-0.25, -0.2) is 8.42 Å². The number of aromatic amines is 1. The number of hydrogen-bond donors (Lipinski definition) is 3. The molecule has 1 atom stereocenters. The van der Waals surface area contributed by atoms with Crippen molar-refractivity contribution in [3.05, 3.63) is 30.0 Å². The quantitative estimate of drug-likeness (QED) is 0.501. The van der Waals surface area contributed by atoms with Crippen LogP contribution in [0.1, 0.15) is 12.0 Å². The molecule has 1 aliphatic heterocycles. The molecule has 3 N–H and O–H groups in total. The highest BCUT2D eigenvalue weighted by molar-refractivity contribution is 7.90. The largest absolute Gasteiger partial charge is 0.495 e. The molecule has 0 saturated carbocycles. The molecule has 0 radical (unpaired) electrons. The van der Waals surface area contributed by atoms with E-state index in [1.165, 1.54) is 25.3 Å². The average Bonchev–Trinajstić information content (AvgIpc) is 3.37. The molecule has 1 fully saturated rings. The second kappa shape index (κ2) is 8.13. The highest BCUT2D eigenvalue weighted by Crippen LogP contribution is 2.38. The number of anilines is 3. The van der Waals surface area contributed by atoms with Crippen LogP contribution in [0.25, 0.3) is 11.0 Å². The molecule has 0 spiro atoms. The van der Waals surface area contributed by atoms with Crippen LogP contribution in [-0.2, 0) is 20.8 Å². The van der Waals surface area contributed by atoms with Crippen LogP contribution in [0.5, 0.6) is 5.75 Å². The summed E-state index contributed by atoms with van der Waals surface area (Å²) >= 11 is 0. The molecule has 0 bridgehead atoms. The van der Waals surface area contributed by atoms with E-state index in [1.54, 1.807) is 0 Å². The van der Waals surface area contributed by atoms with Gasteiger partial charge in [0, 0.05) is 25.1 Å². The fourth-order valence-electron chi connectivity index (χ4n) is 3.38. The van der Waals surface area contributed by atoms with Crippen LogP contribution in [-0.4, -0.2) is 56.0 Å². The van der Waals surface area contributed by atoms with E-state index in [2.05, 4.69) is 25.6 Å². The number of nitrogens with zero attached hydrogens (tertiary/aromatic N) is 2. The lowest BCUT2D eigenvalue weighted by molar-refractivity contribution is -0.136. The molecule has 3 aromatic rings. The van der Waals surface area contributed by atoms with Crippen LogP contribution >= 0.6 is 0 Å². The van der Waals surface area contributed by atoms with Crippen molar-refractivity contribution < 1.29 is 31.1 Å². The van der Waals surface area contributed by atoms with Gasteiger partial charge >= 0.3 is 6.18 Å². The zero-order valence-electron chi connectivity index (χ0n) is 17.1. The Bertz CT molecular complexity index is 1250. The van der Waals surface area contributed by atoms with Crippen LogP contribution in [0.4, 0.5) is 30.6 Å². The van der Waals surface area contributed by atoms with E-state index in [0.717, 1.165) is 12.5 Å². The molecule has 0 aliphatic carbocycles. The molecule has 3 heterocycles. The number of halogens is 3. The predicted molar refractivity (Wildman–Crippen MR) is 111 cm³/mol. The van der Waals surface area contributed by atoms with Crippen molar-refractivity contribution in [2.75, 3.05) is 37.2 Å². The van der Waals surface area contributed by atoms with Gasteiger partial charge in [0.15, 0.2) is 9.84 Å². The average molecular weight is 471 g/mol. The third-order valence-electron chi connectivity index (χ3n) is 4.96. The Labute approximate surface area is 181 Å². The third kappa shape index (κ3) is 4.43. The predicted octanol–water partition coefficient (Wildman–Crippen LogP) is 3.33. The summed E-state index contributed by atoms with van der Waals surface area (Å²) in [6.07, 6.45) is -2.05. The first-order valence-corrected chi connectivity index (χ1v) is 11.4. The van der Waals surface area contributed by atoms with Crippen molar-refractivity contribution >= 4 is 38.3 Å². The topological polar surface area (TPSA) is 118 Å². The summed E-state index contributed by atoms with van der Waals surface area (Å²) in [6, 6.07) is 3.99. The van der Waals surface area contributed by atoms with Gasteiger partial charge in [-0.3, -0.25) is 0 Å². The first kappa shape index (κ1) is 22.1. The number of sulfone groups is 1. The number of aromatic nitrogens is 3. The van der Waals surface area contributed by atoms with Gasteiger partial charge in [0.05, 0.1) is 41.3 Å². The highest BCUT2D eigenvalue weighted by atomic mass is 32.2. The number of methoxy groups -OCH3 is 1. The summed E-state index contributed by atoms with van der Waals surface area (Å²) < 4.78 is 74.7. The standard InChI is InChI=1S/C19H20F3N5O4S/c1-30-14-7-11(32(2,28)29)3-4-13(14)25-18-26-16-15(12(8-23-16)19(20,21)22)17(27-18)24-10-5-6-31-9-10/h3-4,7-8,10H,5-6,9H2,1-2H3,(H3,23,24,25,26,27)/t10-/m1/s1. The SMILES string of the molecule is COc1cc(S(C)(=O)=O)ccc1Nc1nc(N[C@@H]2CCOC2)c2c(C(F)(F)F)c[nH]c2n1. The number of H-pyrrole nitrogens is 1. The van der Waals surface area contributed by atoms with Gasteiger partial charge < -0.3 is 25.1 Å². The molecule has 1 aliphatic rings. The summed E-state index contributed by atoms with van der Waals surface area (Å²) in [5.74, 6) is 0.214. The van der Waals surface area contributed by atoms with E-state index in [0.29, 0.717) is 25.3 Å². The smallest absolute Gasteiger partial charge is 0.418 e. The van der Waals surface area contributed by atoms with Gasteiger partial charge in [0.2, 0.25) is 5.95 Å². The maximum absolute atomic E-state index is 13.5. The summed E-state index contributed by atoms with van der Waals surface area (Å²) in [6.45, 7) is 0.848. The fourth-order valence-corrected chi connectivity index (χ4v) is 4.02. The Balaban J connectivity index is 1.77. The summed E-state index contributed by atoms with van der Waals surface area (Å²) in [4.78, 5) is 11.0. The Kier molecular flexibility index (Phi) is 5.63. The number of benzene rings is 1. The summed E-state index contributed by atoms with van der Waals surface area (Å²) in [5, 5.41) is 5.74. The molecule has 0 amide bonds. The van der Waals surface area contributed by atoms with Gasteiger partial charge in [-0.1, -0.05) is 0 Å². The molecule has 32 heavy (non-hydrogen) atoms. The van der Waals surface area contributed by atoms with E-state index < -0.39 is 21.6 Å². The van der Waals surface area contributed by atoms with Gasteiger partial charge in [-0.2, -0.15) is 23.1 Å². The van der Waals surface area contributed by atoms with Gasteiger partial charge in [0.25, 0.3) is 0 Å². The summed E-state index contributed by atoms with van der Waals surface area (Å²) in [7, 11) is -2.09. The Hall–Kier alpha value is -3.06. The lowest BCUT2D eigenvalue weighted by atomic mass is 10.2. The monoisotopic (exact) mass is 471 g/mol. The van der Waals surface area contributed by atoms with E-state index in [-0.39, 0.29) is 39.5 Å². The Morgan fingerprint density at radius 1 is 1.28 bits per heavy atom. The van der Waals surface area contributed by atoms with Crippen LogP contribution in [0.15, 0.2) is 29.3 Å². The van der Waals surface area contributed by atoms with Crippen molar-refractivity contribution in [1.29, 1.82) is 0 Å². The minimum atomic E-state index is -4.59. The van der Waals surface area contributed by atoms with E-state index >= 15 is 0 Å². The second-order valence-electron chi connectivity index (χ2n) is 7.28. The number of nitrogens with one attached hydrogen (secondary N) is 3. The van der Waals surface area contributed by atoms with E-state index in [9.17, 15) is 21.6 Å². The molecule has 1 aromatic carbocycles. The zero-order valence-corrected chi connectivity index (χ0v) is 17.9. The minimum absolute atomic E-state index is 0.0000968. The van der Waals surface area contributed by atoms with Crippen molar-refractivity contribution in [1.82, 2.24) is 15.0 Å². The number of hydrogen-bond acceptors (Lipinski definition) is 8. The molecule has 1 saturated heterocycles. The van der Waals surface area contributed by atoms with E-state index in [1.807, 2.05) is 0 Å². The van der Waals surface area contributed by atoms with Crippen molar-refractivity contribution in [2.24, 2.45) is 0 Å². The van der Waals surface area contributed by atoms with Crippen LogP contribution in [0.2, 0.25) is 0 Å². The van der Waals surface area contributed by atoms with Crippen molar-refractivity contribution in [2.45, 2.75) is 23.5 Å². The molecule has 13 heteroatoms. The lowest BCUT2D eigenvalue weighted by Crippen LogP contribution is -2.21. The summed E-state index contributed by atoms with van der Waals surface area (Å²) in [5.41, 5.74) is -0.546. The van der Waals surface area contributed by atoms with E-state index in [4.69, 9.17) is 9.47 Å². The highest BCUT2D eigenvalue weighted by Gasteiger charge is 2.36. The Morgan fingerprint density at radius 2 is 2.06 bits per heavy atom. The maximum Gasteiger partial charge on any atom is 0.418 e. The molecule has 172 valence electrons. The zero-order chi connectivity index (χ0) is 23.1. The number of ether oxygens (including phenoxy) is 2. The maximum atomic E-state index is 13.5. The molecule has 0 unspecified atom stereocenters. The first-order chi connectivity index (χ1) is 15.1. The van der Waals surface area contributed by atoms with Gasteiger partial charge in [0.1, 0.15) is 17.2 Å². The number of alkyl halides is 3. The van der Waals surface area contributed by atoms with Gasteiger partial charge in [-0.15, -0.1) is 0 Å². The molecular weight excluding hydrogens is 451 g/mol.